The van der Waals surface area contributed by atoms with Gasteiger partial charge in [0.05, 0.1) is 0 Å². The van der Waals surface area contributed by atoms with Crippen molar-refractivity contribution in [1.29, 1.82) is 0 Å². The van der Waals surface area contributed by atoms with Gasteiger partial charge in [-0.3, -0.25) is 14.5 Å². The second-order valence-corrected chi connectivity index (χ2v) is 8.36. The third kappa shape index (κ3) is 5.70. The molecule has 1 heterocycles. The normalized spacial score (nSPS) is 28.8. The average Bonchev–Trinajstić information content (AvgIpc) is 3.05. The molecule has 0 bridgehead atoms. The molecule has 2 atom stereocenters. The molecule has 0 spiro atoms. The number of carbonyl (C=O) groups is 2. The van der Waals surface area contributed by atoms with E-state index in [1.807, 2.05) is 13.8 Å². The van der Waals surface area contributed by atoms with E-state index < -0.39 is 6.04 Å². The second kappa shape index (κ2) is 9.56. The first-order valence-corrected chi connectivity index (χ1v) is 10.2. The first-order chi connectivity index (χ1) is 11.9. The number of likely N-dealkylation sites (tertiary alicyclic amines) is 1. The van der Waals surface area contributed by atoms with Gasteiger partial charge in [-0.1, -0.05) is 27.7 Å². The minimum absolute atomic E-state index is 0.0320. The quantitative estimate of drug-likeness (QED) is 0.741. The van der Waals surface area contributed by atoms with E-state index in [1.165, 1.54) is 6.42 Å². The number of hydrogen-bond donors (Lipinski definition) is 2. The highest BCUT2D eigenvalue weighted by Crippen LogP contribution is 2.28. The summed E-state index contributed by atoms with van der Waals surface area (Å²) in [5, 5.41) is 6.13. The Bertz CT molecular complexity index is 444. The van der Waals surface area contributed by atoms with Crippen LogP contribution in [0.3, 0.4) is 0 Å². The van der Waals surface area contributed by atoms with Crippen molar-refractivity contribution in [3.63, 3.8) is 0 Å². The summed E-state index contributed by atoms with van der Waals surface area (Å²) in [6, 6.07) is 0.0145. The number of nitrogens with zero attached hydrogens (tertiary/aromatic N) is 1. The molecule has 5 nitrogen and oxygen atoms in total. The summed E-state index contributed by atoms with van der Waals surface area (Å²) in [5.41, 5.74) is 0. The number of hydrogen-bond acceptors (Lipinski definition) is 3. The molecule has 2 aliphatic rings. The number of rotatable bonds is 7. The Balaban J connectivity index is 1.84. The second-order valence-electron chi connectivity index (χ2n) is 8.36. The molecule has 1 aliphatic heterocycles. The fourth-order valence-electron chi connectivity index (χ4n) is 4.20. The van der Waals surface area contributed by atoms with Gasteiger partial charge in [0.15, 0.2) is 0 Å². The first-order valence-electron chi connectivity index (χ1n) is 10.2. The molecule has 1 saturated carbocycles. The van der Waals surface area contributed by atoms with Crippen LogP contribution in [0.1, 0.15) is 66.2 Å². The maximum Gasteiger partial charge on any atom is 0.242 e. The fraction of sp³-hybridized carbons (Fsp3) is 0.900. The van der Waals surface area contributed by atoms with Crippen molar-refractivity contribution in [2.75, 3.05) is 19.6 Å². The Morgan fingerprint density at radius 2 is 1.80 bits per heavy atom. The van der Waals surface area contributed by atoms with Crippen molar-refractivity contribution >= 4 is 11.8 Å². The molecular formula is C20H37N3O2. The highest BCUT2D eigenvalue weighted by atomic mass is 16.2. The molecule has 0 aromatic carbocycles. The van der Waals surface area contributed by atoms with Gasteiger partial charge in [-0.25, -0.2) is 0 Å². The third-order valence-electron chi connectivity index (χ3n) is 6.05. The number of likely N-dealkylation sites (N-methyl/N-ethyl adjacent to an activating group) is 1. The van der Waals surface area contributed by atoms with E-state index in [0.717, 1.165) is 51.1 Å². The molecule has 1 aliphatic carbocycles. The first kappa shape index (κ1) is 20.2. The van der Waals surface area contributed by atoms with E-state index in [1.54, 1.807) is 0 Å². The minimum Gasteiger partial charge on any atom is -0.353 e. The molecule has 1 saturated heterocycles. The Labute approximate surface area is 153 Å². The predicted molar refractivity (Wildman–Crippen MR) is 101 cm³/mol. The van der Waals surface area contributed by atoms with Crippen molar-refractivity contribution in [3.05, 3.63) is 0 Å². The number of carbonyl (C=O) groups excluding carboxylic acids is 2. The lowest BCUT2D eigenvalue weighted by atomic mass is 9.82. The zero-order chi connectivity index (χ0) is 18.4. The van der Waals surface area contributed by atoms with Crippen molar-refractivity contribution in [2.45, 2.75) is 78.3 Å². The van der Waals surface area contributed by atoms with E-state index in [4.69, 9.17) is 0 Å². The summed E-state index contributed by atoms with van der Waals surface area (Å²) in [6.07, 6.45) is 6.49. The van der Waals surface area contributed by atoms with Gasteiger partial charge >= 0.3 is 0 Å². The van der Waals surface area contributed by atoms with E-state index in [9.17, 15) is 9.59 Å². The van der Waals surface area contributed by atoms with Gasteiger partial charge in [-0.05, 0) is 63.5 Å². The zero-order valence-electron chi connectivity index (χ0n) is 16.5. The molecule has 2 N–H and O–H groups in total. The van der Waals surface area contributed by atoms with Crippen LogP contribution in [-0.2, 0) is 9.59 Å². The van der Waals surface area contributed by atoms with E-state index in [2.05, 4.69) is 29.4 Å². The fourth-order valence-corrected chi connectivity index (χ4v) is 4.20. The Kier molecular flexibility index (Phi) is 7.73. The van der Waals surface area contributed by atoms with Crippen molar-refractivity contribution in [3.8, 4) is 0 Å². The van der Waals surface area contributed by atoms with Gasteiger partial charge in [0.2, 0.25) is 11.8 Å². The predicted octanol–water partition coefficient (Wildman–Crippen LogP) is 2.55. The SMILES string of the molecule is CCN1CCC[C@@H]1CNC(=O)[C@@H](NC(=O)C1CCC(C)CC1)C(C)C. The van der Waals surface area contributed by atoms with Crippen LogP contribution in [-0.4, -0.2) is 48.4 Å². The highest BCUT2D eigenvalue weighted by Gasteiger charge is 2.30. The molecule has 2 rings (SSSR count). The highest BCUT2D eigenvalue weighted by molar-refractivity contribution is 5.88. The Morgan fingerprint density at radius 3 is 2.40 bits per heavy atom. The smallest absolute Gasteiger partial charge is 0.242 e. The summed E-state index contributed by atoms with van der Waals surface area (Å²) in [5.74, 6) is 0.932. The van der Waals surface area contributed by atoms with E-state index in [-0.39, 0.29) is 23.7 Å². The lowest BCUT2D eigenvalue weighted by Gasteiger charge is -2.29. The van der Waals surface area contributed by atoms with E-state index in [0.29, 0.717) is 12.6 Å². The van der Waals surface area contributed by atoms with Crippen LogP contribution in [0, 0.1) is 17.8 Å². The maximum absolute atomic E-state index is 12.7. The van der Waals surface area contributed by atoms with Crippen molar-refractivity contribution in [2.24, 2.45) is 17.8 Å². The lowest BCUT2D eigenvalue weighted by Crippen LogP contribution is -2.53. The minimum atomic E-state index is -0.427. The molecule has 0 aromatic heterocycles. The summed E-state index contributed by atoms with van der Waals surface area (Å²) >= 11 is 0. The van der Waals surface area contributed by atoms with Gasteiger partial charge in [-0.2, -0.15) is 0 Å². The molecule has 144 valence electrons. The van der Waals surface area contributed by atoms with Crippen LogP contribution in [0.25, 0.3) is 0 Å². The van der Waals surface area contributed by atoms with E-state index >= 15 is 0 Å². The molecule has 2 amide bonds. The van der Waals surface area contributed by atoms with Crippen LogP contribution >= 0.6 is 0 Å². The zero-order valence-corrected chi connectivity index (χ0v) is 16.5. The molecule has 0 aromatic rings. The van der Waals surface area contributed by atoms with Gasteiger partial charge in [0, 0.05) is 18.5 Å². The maximum atomic E-state index is 12.7. The topological polar surface area (TPSA) is 61.4 Å². The average molecular weight is 352 g/mol. The van der Waals surface area contributed by atoms with Crippen molar-refractivity contribution in [1.82, 2.24) is 15.5 Å². The van der Waals surface area contributed by atoms with Crippen LogP contribution < -0.4 is 10.6 Å². The van der Waals surface area contributed by atoms with Gasteiger partial charge in [0.25, 0.3) is 0 Å². The van der Waals surface area contributed by atoms with Gasteiger partial charge < -0.3 is 10.6 Å². The Hall–Kier alpha value is -1.10. The lowest BCUT2D eigenvalue weighted by molar-refractivity contribution is -0.133. The standard InChI is InChI=1S/C20H37N3O2/c1-5-23-12-6-7-17(23)13-21-20(25)18(14(2)3)22-19(24)16-10-8-15(4)9-11-16/h14-18H,5-13H2,1-4H3,(H,21,25)(H,22,24)/t15?,16?,17-,18+/m1/s1. The van der Waals surface area contributed by atoms with Crippen LogP contribution in [0.5, 0.6) is 0 Å². The van der Waals surface area contributed by atoms with Crippen LogP contribution in [0.2, 0.25) is 0 Å². The molecule has 5 heteroatoms. The van der Waals surface area contributed by atoms with Crippen molar-refractivity contribution < 1.29 is 9.59 Å². The summed E-state index contributed by atoms with van der Waals surface area (Å²) in [6.45, 7) is 11.3. The number of amides is 2. The third-order valence-corrected chi connectivity index (χ3v) is 6.05. The summed E-state index contributed by atoms with van der Waals surface area (Å²) < 4.78 is 0. The largest absolute Gasteiger partial charge is 0.353 e. The molecule has 0 radical (unpaired) electrons. The van der Waals surface area contributed by atoms with Crippen LogP contribution in [0.4, 0.5) is 0 Å². The van der Waals surface area contributed by atoms with Gasteiger partial charge in [0.1, 0.15) is 6.04 Å². The summed E-state index contributed by atoms with van der Waals surface area (Å²) in [7, 11) is 0. The molecule has 0 unspecified atom stereocenters. The molecule has 2 fully saturated rings. The monoisotopic (exact) mass is 351 g/mol. The van der Waals surface area contributed by atoms with Crippen LogP contribution in [0.15, 0.2) is 0 Å². The number of nitrogens with one attached hydrogen (secondary N) is 2. The molecule has 25 heavy (non-hydrogen) atoms. The Morgan fingerprint density at radius 1 is 1.12 bits per heavy atom. The summed E-state index contributed by atoms with van der Waals surface area (Å²) in [4.78, 5) is 27.7. The van der Waals surface area contributed by atoms with Gasteiger partial charge in [-0.15, -0.1) is 0 Å². The molecular weight excluding hydrogens is 314 g/mol.